The number of fused-ring (bicyclic) bond motifs is 3. The largest absolute Gasteiger partial charge is 0.355 e. The van der Waals surface area contributed by atoms with E-state index in [1.807, 2.05) is 6.07 Å². The summed E-state index contributed by atoms with van der Waals surface area (Å²) in [4.78, 5) is 26.8. The number of nitriles is 1. The molecule has 5 aliphatic rings. The lowest BCUT2D eigenvalue weighted by atomic mass is 9.57. The van der Waals surface area contributed by atoms with E-state index >= 15 is 0 Å². The minimum absolute atomic E-state index is 0.0238. The van der Waals surface area contributed by atoms with Crippen LogP contribution in [-0.4, -0.2) is 54.1 Å². The number of nitrogens with zero attached hydrogens (tertiary/aromatic N) is 2. The number of halogens is 1. The lowest BCUT2D eigenvalue weighted by Gasteiger charge is -2.53. The smallest absolute Gasteiger partial charge is 0.237 e. The number of amides is 2. The third-order valence-electron chi connectivity index (χ3n) is 8.09. The quantitative estimate of drug-likeness (QED) is 0.712. The third kappa shape index (κ3) is 4.14. The molecule has 4 saturated carbocycles. The molecular weight excluding hydrogens is 371 g/mol. The predicted molar refractivity (Wildman–Crippen MR) is 106 cm³/mol. The molecule has 6 nitrogen and oxygen atoms in total. The third-order valence-corrected chi connectivity index (χ3v) is 8.09. The molecule has 2 atom stereocenters. The summed E-state index contributed by atoms with van der Waals surface area (Å²) < 4.78 is 13.6. The van der Waals surface area contributed by atoms with Crippen molar-refractivity contribution in [3.63, 3.8) is 0 Å². The van der Waals surface area contributed by atoms with Gasteiger partial charge in [0.05, 0.1) is 19.2 Å². The van der Waals surface area contributed by atoms with Crippen LogP contribution in [0.25, 0.3) is 0 Å². The predicted octanol–water partition coefficient (Wildman–Crippen LogP) is 2.44. The van der Waals surface area contributed by atoms with Crippen LogP contribution < -0.4 is 10.6 Å². The highest BCUT2D eigenvalue weighted by atomic mass is 19.1. The number of hydrogen-bond donors (Lipinski definition) is 2. The first kappa shape index (κ1) is 20.6. The number of carbonyl (C=O) groups is 2. The SMILES string of the molecule is N#C[C@@H]1C[C@H](F)CN1C(=O)CNC12CCC(C(=O)NCC3CCCC3)(CC1)CC2. The van der Waals surface area contributed by atoms with Gasteiger partial charge in [-0.15, -0.1) is 0 Å². The van der Waals surface area contributed by atoms with Gasteiger partial charge in [-0.1, -0.05) is 12.8 Å². The first-order valence-electron chi connectivity index (χ1n) is 11.3. The van der Waals surface area contributed by atoms with Gasteiger partial charge >= 0.3 is 0 Å². The molecule has 7 heteroatoms. The van der Waals surface area contributed by atoms with Gasteiger partial charge in [-0.3, -0.25) is 9.59 Å². The second-order valence-corrected chi connectivity index (χ2v) is 9.80. The number of hydrogen-bond acceptors (Lipinski definition) is 4. The summed E-state index contributed by atoms with van der Waals surface area (Å²) in [7, 11) is 0. The standard InChI is InChI=1S/C22H33FN4O2/c23-17-11-18(12-24)27(15-17)19(28)14-26-22-8-5-21(6-9-22,7-10-22)20(29)25-13-16-3-1-2-4-16/h16-18,26H,1-11,13-15H2,(H,25,29)/t17-,18-,21?,22?/m0/s1. The average Bonchev–Trinajstić information content (AvgIpc) is 3.41. The van der Waals surface area contributed by atoms with Crippen molar-refractivity contribution in [2.45, 2.75) is 88.4 Å². The van der Waals surface area contributed by atoms with E-state index in [4.69, 9.17) is 5.26 Å². The molecule has 1 saturated heterocycles. The van der Waals surface area contributed by atoms with Crippen LogP contribution >= 0.6 is 0 Å². The molecule has 0 aromatic heterocycles. The van der Waals surface area contributed by atoms with Crippen LogP contribution in [0.1, 0.15) is 70.6 Å². The van der Waals surface area contributed by atoms with Gasteiger partial charge in [0.2, 0.25) is 11.8 Å². The van der Waals surface area contributed by atoms with E-state index in [-0.39, 0.29) is 42.3 Å². The summed E-state index contributed by atoms with van der Waals surface area (Å²) in [5.74, 6) is 0.695. The summed E-state index contributed by atoms with van der Waals surface area (Å²) in [5, 5.41) is 15.8. The van der Waals surface area contributed by atoms with Crippen LogP contribution in [0, 0.1) is 22.7 Å². The molecule has 2 amide bonds. The molecule has 160 valence electrons. The second-order valence-electron chi connectivity index (χ2n) is 9.80. The number of nitrogens with one attached hydrogen (secondary N) is 2. The minimum atomic E-state index is -1.10. The molecule has 0 aromatic carbocycles. The normalized spacial score (nSPS) is 36.9. The Morgan fingerprint density at radius 3 is 2.38 bits per heavy atom. The monoisotopic (exact) mass is 404 g/mol. The Morgan fingerprint density at radius 1 is 1.10 bits per heavy atom. The maximum atomic E-state index is 13.6. The van der Waals surface area contributed by atoms with Crippen molar-refractivity contribution in [3.05, 3.63) is 0 Å². The van der Waals surface area contributed by atoms with Gasteiger partial charge < -0.3 is 15.5 Å². The van der Waals surface area contributed by atoms with E-state index in [0.717, 1.165) is 45.1 Å². The first-order valence-corrected chi connectivity index (χ1v) is 11.3. The van der Waals surface area contributed by atoms with Crippen molar-refractivity contribution in [1.82, 2.24) is 15.5 Å². The molecule has 0 spiro atoms. The van der Waals surface area contributed by atoms with E-state index in [0.29, 0.717) is 5.92 Å². The summed E-state index contributed by atoms with van der Waals surface area (Å²) >= 11 is 0. The molecule has 1 aliphatic heterocycles. The molecule has 5 rings (SSSR count). The van der Waals surface area contributed by atoms with Crippen molar-refractivity contribution in [2.24, 2.45) is 11.3 Å². The highest BCUT2D eigenvalue weighted by Crippen LogP contribution is 2.52. The molecule has 2 bridgehead atoms. The van der Waals surface area contributed by atoms with Gasteiger partial charge in [0.25, 0.3) is 0 Å². The Labute approximate surface area is 172 Å². The molecule has 5 fully saturated rings. The fourth-order valence-electron chi connectivity index (χ4n) is 5.98. The van der Waals surface area contributed by atoms with Crippen LogP contribution in [-0.2, 0) is 9.59 Å². The zero-order valence-electron chi connectivity index (χ0n) is 17.2. The van der Waals surface area contributed by atoms with Crippen molar-refractivity contribution in [2.75, 3.05) is 19.6 Å². The Balaban J connectivity index is 1.26. The van der Waals surface area contributed by atoms with Gasteiger partial charge in [-0.05, 0) is 57.3 Å². The molecule has 0 radical (unpaired) electrons. The van der Waals surface area contributed by atoms with Crippen molar-refractivity contribution in [3.8, 4) is 6.07 Å². The minimum Gasteiger partial charge on any atom is -0.355 e. The van der Waals surface area contributed by atoms with Crippen molar-refractivity contribution >= 4 is 11.8 Å². The number of alkyl halides is 1. The molecule has 29 heavy (non-hydrogen) atoms. The zero-order chi connectivity index (χ0) is 20.5. The van der Waals surface area contributed by atoms with E-state index in [2.05, 4.69) is 10.6 Å². The van der Waals surface area contributed by atoms with E-state index in [9.17, 15) is 14.0 Å². The summed E-state index contributed by atoms with van der Waals surface area (Å²) in [6.07, 6.45) is 9.34. The molecule has 4 aliphatic carbocycles. The van der Waals surface area contributed by atoms with Gasteiger partial charge in [0, 0.05) is 23.9 Å². The molecule has 2 N–H and O–H groups in total. The van der Waals surface area contributed by atoms with Gasteiger partial charge in [-0.2, -0.15) is 5.26 Å². The van der Waals surface area contributed by atoms with Gasteiger partial charge in [-0.25, -0.2) is 4.39 Å². The number of carbonyl (C=O) groups excluding carboxylic acids is 2. The van der Waals surface area contributed by atoms with Crippen molar-refractivity contribution < 1.29 is 14.0 Å². The first-order chi connectivity index (χ1) is 14.0. The van der Waals surface area contributed by atoms with Crippen LogP contribution in [0.4, 0.5) is 4.39 Å². The fraction of sp³-hybridized carbons (Fsp3) is 0.864. The van der Waals surface area contributed by atoms with Crippen molar-refractivity contribution in [1.29, 1.82) is 5.26 Å². The maximum Gasteiger partial charge on any atom is 0.237 e. The molecular formula is C22H33FN4O2. The highest BCUT2D eigenvalue weighted by molar-refractivity contribution is 5.83. The average molecular weight is 405 g/mol. The Morgan fingerprint density at radius 2 is 1.76 bits per heavy atom. The summed E-state index contributed by atoms with van der Waals surface area (Å²) in [6, 6.07) is 1.39. The van der Waals surface area contributed by atoms with E-state index in [1.165, 1.54) is 30.6 Å². The Kier molecular flexibility index (Phi) is 5.83. The Hall–Kier alpha value is -1.68. The van der Waals surface area contributed by atoms with Gasteiger partial charge in [0.1, 0.15) is 12.2 Å². The highest BCUT2D eigenvalue weighted by Gasteiger charge is 2.52. The number of rotatable bonds is 6. The van der Waals surface area contributed by atoms with E-state index < -0.39 is 12.2 Å². The Bertz CT molecular complexity index is 660. The van der Waals surface area contributed by atoms with Gasteiger partial charge in [0.15, 0.2) is 0 Å². The lowest BCUT2D eigenvalue weighted by Crippen LogP contribution is -2.60. The fourth-order valence-corrected chi connectivity index (χ4v) is 5.98. The molecule has 0 aromatic rings. The summed E-state index contributed by atoms with van der Waals surface area (Å²) in [6.45, 7) is 0.992. The maximum absolute atomic E-state index is 13.6. The summed E-state index contributed by atoms with van der Waals surface area (Å²) in [5.41, 5.74) is -0.325. The zero-order valence-corrected chi connectivity index (χ0v) is 17.2. The second kappa shape index (κ2) is 8.22. The van der Waals surface area contributed by atoms with Crippen LogP contribution in [0.15, 0.2) is 0 Å². The van der Waals surface area contributed by atoms with Crippen LogP contribution in [0.2, 0.25) is 0 Å². The molecule has 0 unspecified atom stereocenters. The van der Waals surface area contributed by atoms with E-state index in [1.54, 1.807) is 0 Å². The molecule has 1 heterocycles. The lowest BCUT2D eigenvalue weighted by molar-refractivity contribution is -0.139. The van der Waals surface area contributed by atoms with Crippen LogP contribution in [0.5, 0.6) is 0 Å². The topological polar surface area (TPSA) is 85.2 Å². The van der Waals surface area contributed by atoms with Crippen LogP contribution in [0.3, 0.4) is 0 Å². The number of likely N-dealkylation sites (tertiary alicyclic amines) is 1.